The maximum atomic E-state index is 9.85. The topological polar surface area (TPSA) is 85.3 Å². The zero-order valence-electron chi connectivity index (χ0n) is 18.7. The second-order valence-corrected chi connectivity index (χ2v) is 8.41. The maximum absolute atomic E-state index is 9.85. The highest BCUT2D eigenvalue weighted by Gasteiger charge is 2.23. The number of rotatable bonds is 6. The molecule has 0 radical (unpaired) electrons. The van der Waals surface area contributed by atoms with Gasteiger partial charge in [-0.1, -0.05) is 48.2 Å². The van der Waals surface area contributed by atoms with Crippen LogP contribution in [-0.4, -0.2) is 50.9 Å². The first-order chi connectivity index (χ1) is 16.1. The minimum Gasteiger partial charge on any atom is -0.393 e. The molecule has 168 valence electrons. The van der Waals surface area contributed by atoms with Crippen molar-refractivity contribution in [2.45, 2.75) is 31.4 Å². The molecular formula is C27H28N4O2. The normalized spacial score (nSPS) is 17.7. The van der Waals surface area contributed by atoms with Crippen molar-refractivity contribution in [1.82, 2.24) is 14.5 Å². The molecule has 3 atom stereocenters. The predicted octanol–water partition coefficient (Wildman–Crippen LogP) is 3.50. The molecule has 2 aromatic carbocycles. The molecule has 0 amide bonds. The van der Waals surface area contributed by atoms with E-state index in [-0.39, 0.29) is 6.61 Å². The quantitative estimate of drug-likeness (QED) is 0.453. The van der Waals surface area contributed by atoms with Gasteiger partial charge in [0.15, 0.2) is 0 Å². The van der Waals surface area contributed by atoms with Crippen LogP contribution in [0, 0.1) is 23.2 Å². The van der Waals surface area contributed by atoms with Crippen LogP contribution in [0.2, 0.25) is 0 Å². The summed E-state index contributed by atoms with van der Waals surface area (Å²) in [4.78, 5) is 6.35. The lowest BCUT2D eigenvalue weighted by atomic mass is 9.95. The molecule has 1 aliphatic heterocycles. The van der Waals surface area contributed by atoms with Crippen molar-refractivity contribution in [2.75, 3.05) is 26.2 Å². The Morgan fingerprint density at radius 3 is 2.45 bits per heavy atom. The first-order valence-corrected chi connectivity index (χ1v) is 11.2. The SMILES string of the molecule is C[C@H](O)c1nccn1[C@@H](C#Cc1ccc(-c2ccc([C@H]3CCN(CC#N)C3)cc2)cc1)CO. The zero-order chi connectivity index (χ0) is 23.2. The van der Waals surface area contributed by atoms with Crippen molar-refractivity contribution < 1.29 is 10.2 Å². The highest BCUT2D eigenvalue weighted by atomic mass is 16.3. The summed E-state index contributed by atoms with van der Waals surface area (Å²) in [6.45, 7) is 3.92. The molecule has 1 saturated heterocycles. The smallest absolute Gasteiger partial charge is 0.138 e. The fourth-order valence-corrected chi connectivity index (χ4v) is 4.32. The van der Waals surface area contributed by atoms with Crippen LogP contribution in [0.25, 0.3) is 11.1 Å². The third kappa shape index (κ3) is 5.32. The highest BCUT2D eigenvalue weighted by Crippen LogP contribution is 2.29. The van der Waals surface area contributed by atoms with Crippen molar-refractivity contribution in [3.05, 3.63) is 77.9 Å². The van der Waals surface area contributed by atoms with Crippen LogP contribution in [0.1, 0.15) is 48.4 Å². The number of aromatic nitrogens is 2. The van der Waals surface area contributed by atoms with E-state index < -0.39 is 12.1 Å². The van der Waals surface area contributed by atoms with Crippen molar-refractivity contribution in [3.63, 3.8) is 0 Å². The standard InChI is InChI=1S/C27H28N4O2/c1-20(33)27-29-14-17-31(27)26(19-32)11-4-21-2-5-22(6-3-21)23-7-9-24(10-8-23)25-12-15-30(18-25)16-13-28/h2-3,5-10,14,17,20,25-26,32-33H,12,15-16,18-19H2,1H3/t20-,25-,26-/m0/s1. The minimum atomic E-state index is -0.730. The molecule has 0 saturated carbocycles. The molecule has 0 bridgehead atoms. The summed E-state index contributed by atoms with van der Waals surface area (Å²) >= 11 is 0. The summed E-state index contributed by atoms with van der Waals surface area (Å²) in [6, 6.07) is 18.5. The van der Waals surface area contributed by atoms with E-state index in [1.165, 1.54) is 5.56 Å². The molecule has 6 nitrogen and oxygen atoms in total. The Labute approximate surface area is 194 Å². The van der Waals surface area contributed by atoms with E-state index in [1.54, 1.807) is 23.9 Å². The second kappa shape index (κ2) is 10.5. The van der Waals surface area contributed by atoms with Crippen LogP contribution >= 0.6 is 0 Å². The maximum Gasteiger partial charge on any atom is 0.138 e. The summed E-state index contributed by atoms with van der Waals surface area (Å²) < 4.78 is 1.71. The minimum absolute atomic E-state index is 0.164. The van der Waals surface area contributed by atoms with Crippen LogP contribution in [0.15, 0.2) is 60.9 Å². The number of likely N-dealkylation sites (tertiary alicyclic amines) is 1. The lowest BCUT2D eigenvalue weighted by Crippen LogP contribution is -2.20. The number of aliphatic hydroxyl groups excluding tert-OH is 2. The number of aliphatic hydroxyl groups is 2. The number of hydrogen-bond acceptors (Lipinski definition) is 5. The Kier molecular flexibility index (Phi) is 7.22. The van der Waals surface area contributed by atoms with Gasteiger partial charge in [0.2, 0.25) is 0 Å². The van der Waals surface area contributed by atoms with Gasteiger partial charge in [0, 0.05) is 24.5 Å². The van der Waals surface area contributed by atoms with Gasteiger partial charge in [-0.3, -0.25) is 4.90 Å². The van der Waals surface area contributed by atoms with Gasteiger partial charge in [-0.2, -0.15) is 5.26 Å². The fraction of sp³-hybridized carbons (Fsp3) is 0.333. The van der Waals surface area contributed by atoms with E-state index in [1.807, 2.05) is 12.1 Å². The first kappa shape index (κ1) is 22.8. The molecule has 0 aliphatic carbocycles. The molecule has 1 aromatic heterocycles. The van der Waals surface area contributed by atoms with E-state index in [2.05, 4.69) is 64.2 Å². The molecule has 1 fully saturated rings. The lowest BCUT2D eigenvalue weighted by molar-refractivity contribution is 0.176. The summed E-state index contributed by atoms with van der Waals surface area (Å²) in [5, 5.41) is 28.5. The molecule has 6 heteroatoms. The van der Waals surface area contributed by atoms with E-state index in [0.717, 1.165) is 36.2 Å². The molecule has 2 heterocycles. The molecule has 4 rings (SSSR count). The van der Waals surface area contributed by atoms with E-state index in [9.17, 15) is 10.2 Å². The Balaban J connectivity index is 1.44. The molecule has 3 aromatic rings. The Morgan fingerprint density at radius 1 is 1.12 bits per heavy atom. The van der Waals surface area contributed by atoms with E-state index in [4.69, 9.17) is 5.26 Å². The monoisotopic (exact) mass is 440 g/mol. The molecule has 0 unspecified atom stereocenters. The Hall–Kier alpha value is -3.42. The average Bonchev–Trinajstić information content (AvgIpc) is 3.51. The fourth-order valence-electron chi connectivity index (χ4n) is 4.32. The van der Waals surface area contributed by atoms with Gasteiger partial charge in [0.05, 0.1) is 19.2 Å². The van der Waals surface area contributed by atoms with Gasteiger partial charge in [-0.25, -0.2) is 4.98 Å². The number of hydrogen-bond donors (Lipinski definition) is 2. The van der Waals surface area contributed by atoms with Crippen LogP contribution in [0.3, 0.4) is 0 Å². The number of imidazole rings is 1. The summed E-state index contributed by atoms with van der Waals surface area (Å²) in [5.41, 5.74) is 4.46. The highest BCUT2D eigenvalue weighted by molar-refractivity contribution is 5.64. The lowest BCUT2D eigenvalue weighted by Gasteiger charge is -2.14. The number of nitrogens with zero attached hydrogens (tertiary/aromatic N) is 4. The molecular weight excluding hydrogens is 412 g/mol. The van der Waals surface area contributed by atoms with Crippen LogP contribution in [0.5, 0.6) is 0 Å². The zero-order valence-corrected chi connectivity index (χ0v) is 18.7. The Bertz CT molecular complexity index is 1160. The van der Waals surface area contributed by atoms with Crippen LogP contribution < -0.4 is 0 Å². The van der Waals surface area contributed by atoms with Crippen molar-refractivity contribution in [2.24, 2.45) is 0 Å². The van der Waals surface area contributed by atoms with Crippen molar-refractivity contribution in [1.29, 1.82) is 5.26 Å². The molecule has 2 N–H and O–H groups in total. The molecule has 33 heavy (non-hydrogen) atoms. The average molecular weight is 441 g/mol. The van der Waals surface area contributed by atoms with E-state index >= 15 is 0 Å². The first-order valence-electron chi connectivity index (χ1n) is 11.2. The third-order valence-corrected chi connectivity index (χ3v) is 6.13. The van der Waals surface area contributed by atoms with Crippen LogP contribution in [-0.2, 0) is 0 Å². The van der Waals surface area contributed by atoms with Gasteiger partial charge in [-0.05, 0) is 54.6 Å². The van der Waals surface area contributed by atoms with Crippen molar-refractivity contribution in [3.8, 4) is 29.0 Å². The summed E-state index contributed by atoms with van der Waals surface area (Å²) in [7, 11) is 0. The van der Waals surface area contributed by atoms with Crippen LogP contribution in [0.4, 0.5) is 0 Å². The molecule has 0 spiro atoms. The summed E-state index contributed by atoms with van der Waals surface area (Å²) in [5.74, 6) is 7.18. The van der Waals surface area contributed by atoms with Gasteiger partial charge in [-0.15, -0.1) is 0 Å². The summed E-state index contributed by atoms with van der Waals surface area (Å²) in [6.07, 6.45) is 3.69. The predicted molar refractivity (Wildman–Crippen MR) is 127 cm³/mol. The number of benzene rings is 2. The van der Waals surface area contributed by atoms with Gasteiger partial charge in [0.25, 0.3) is 0 Å². The van der Waals surface area contributed by atoms with Gasteiger partial charge < -0.3 is 14.8 Å². The molecule has 1 aliphatic rings. The second-order valence-electron chi connectivity index (χ2n) is 8.41. The number of nitriles is 1. The van der Waals surface area contributed by atoms with E-state index in [0.29, 0.717) is 18.3 Å². The largest absolute Gasteiger partial charge is 0.393 e. The van der Waals surface area contributed by atoms with Gasteiger partial charge in [0.1, 0.15) is 18.0 Å². The Morgan fingerprint density at radius 2 is 1.82 bits per heavy atom. The van der Waals surface area contributed by atoms with Crippen molar-refractivity contribution >= 4 is 0 Å². The van der Waals surface area contributed by atoms with Gasteiger partial charge >= 0.3 is 0 Å². The third-order valence-electron chi connectivity index (χ3n) is 6.13.